The van der Waals surface area contributed by atoms with Gasteiger partial charge in [-0.05, 0) is 0 Å². The Hall–Kier alpha value is -0.450. The van der Waals surface area contributed by atoms with Gasteiger partial charge in [0.2, 0.25) is 0 Å². The quantitative estimate of drug-likeness (QED) is 0.498. The lowest BCUT2D eigenvalue weighted by atomic mass is 10.3. The molecule has 10 heavy (non-hydrogen) atoms. The molecule has 1 aliphatic heterocycles. The Labute approximate surface area is 59.4 Å². The van der Waals surface area contributed by atoms with Crippen molar-refractivity contribution in [1.82, 2.24) is 4.90 Å². The molecule has 0 radical (unpaired) electrons. The summed E-state index contributed by atoms with van der Waals surface area (Å²) in [5, 5.41) is 8.70. The van der Waals surface area contributed by atoms with Gasteiger partial charge < -0.3 is 14.6 Å². The van der Waals surface area contributed by atoms with Crippen LogP contribution in [0.25, 0.3) is 0 Å². The molecule has 0 amide bonds. The Morgan fingerprint density at radius 3 is 3.10 bits per heavy atom. The van der Waals surface area contributed by atoms with Gasteiger partial charge in [0.25, 0.3) is 0 Å². The fourth-order valence-electron chi connectivity index (χ4n) is 0.958. The Bertz CT molecular complexity index is 118. The summed E-state index contributed by atoms with van der Waals surface area (Å²) in [5.41, 5.74) is 0. The summed E-state index contributed by atoms with van der Waals surface area (Å²) in [4.78, 5) is 12.0. The molecule has 0 saturated carbocycles. The fourth-order valence-corrected chi connectivity index (χ4v) is 0.958. The lowest BCUT2D eigenvalue weighted by Gasteiger charge is -2.29. The van der Waals surface area contributed by atoms with Crippen LogP contribution in [-0.2, 0) is 9.53 Å². The van der Waals surface area contributed by atoms with E-state index >= 15 is 0 Å². The minimum atomic E-state index is -0.251. The van der Waals surface area contributed by atoms with E-state index in [1.165, 1.54) is 0 Å². The maximum absolute atomic E-state index is 10.3. The van der Waals surface area contributed by atoms with Crippen molar-refractivity contribution in [2.24, 2.45) is 0 Å². The summed E-state index contributed by atoms with van der Waals surface area (Å²) in [7, 11) is 0. The number of hydrogen-bond donors (Lipinski definition) is 1. The van der Waals surface area contributed by atoms with Crippen molar-refractivity contribution in [2.75, 3.05) is 26.5 Å². The van der Waals surface area contributed by atoms with Crippen LogP contribution in [0.3, 0.4) is 0 Å². The second-order valence-corrected chi connectivity index (χ2v) is 2.23. The fraction of sp³-hybridized carbons (Fsp3) is 0.833. The van der Waals surface area contributed by atoms with E-state index in [1.54, 1.807) is 4.90 Å². The second-order valence-electron chi connectivity index (χ2n) is 2.23. The molecule has 0 aliphatic carbocycles. The first kappa shape index (κ1) is 7.65. The number of aliphatic hydroxyl groups excluding tert-OH is 1. The van der Waals surface area contributed by atoms with Gasteiger partial charge in [-0.2, -0.15) is 0 Å². The number of carbonyl (C=O) groups excluding carboxylic acids is 1. The molecule has 1 aliphatic rings. The van der Waals surface area contributed by atoms with E-state index in [1.807, 2.05) is 0 Å². The van der Waals surface area contributed by atoms with Crippen LogP contribution in [0.5, 0.6) is 0 Å². The van der Waals surface area contributed by atoms with Gasteiger partial charge in [-0.1, -0.05) is 0 Å². The molecule has 0 spiro atoms. The van der Waals surface area contributed by atoms with Gasteiger partial charge in [-0.3, -0.25) is 4.90 Å². The van der Waals surface area contributed by atoms with Crippen LogP contribution in [0.15, 0.2) is 0 Å². The van der Waals surface area contributed by atoms with E-state index < -0.39 is 0 Å². The van der Waals surface area contributed by atoms with E-state index in [4.69, 9.17) is 9.84 Å². The number of morpholine rings is 1. The smallest absolute Gasteiger partial charge is 0.139 e. The molecule has 58 valence electrons. The minimum Gasteiger partial charge on any atom is -0.381 e. The average molecular weight is 145 g/mol. The molecule has 1 N–H and O–H groups in total. The number of rotatable bonds is 2. The first-order valence-electron chi connectivity index (χ1n) is 3.26. The third-order valence-electron chi connectivity index (χ3n) is 1.62. The van der Waals surface area contributed by atoms with Crippen LogP contribution < -0.4 is 0 Å². The summed E-state index contributed by atoms with van der Waals surface area (Å²) in [6, 6.07) is -0.251. The molecule has 1 saturated heterocycles. The highest BCUT2D eigenvalue weighted by Crippen LogP contribution is 2.01. The number of ether oxygens (including phenoxy) is 1. The maximum atomic E-state index is 10.3. The van der Waals surface area contributed by atoms with Crippen molar-refractivity contribution in [3.05, 3.63) is 0 Å². The van der Waals surface area contributed by atoms with Gasteiger partial charge in [0.15, 0.2) is 0 Å². The van der Waals surface area contributed by atoms with Gasteiger partial charge >= 0.3 is 0 Å². The van der Waals surface area contributed by atoms with Crippen LogP contribution >= 0.6 is 0 Å². The van der Waals surface area contributed by atoms with Crippen LogP contribution in [0.2, 0.25) is 0 Å². The molecule has 1 rings (SSSR count). The molecular formula is C6H11NO3. The standard InChI is InChI=1S/C6H11NO3/c8-3-6-4-10-2-1-7(6)5-9/h3,6,9H,1-2,4-5H2. The molecule has 0 aromatic carbocycles. The van der Waals surface area contributed by atoms with Crippen molar-refractivity contribution in [3.63, 3.8) is 0 Å². The zero-order valence-corrected chi connectivity index (χ0v) is 5.69. The molecule has 1 heterocycles. The summed E-state index contributed by atoms with van der Waals surface area (Å²) in [6.07, 6.45) is 0.801. The van der Waals surface area contributed by atoms with Crippen molar-refractivity contribution in [2.45, 2.75) is 6.04 Å². The molecule has 0 aromatic rings. The summed E-state index contributed by atoms with van der Waals surface area (Å²) in [6.45, 7) is 1.58. The molecule has 4 nitrogen and oxygen atoms in total. The van der Waals surface area contributed by atoms with Crippen LogP contribution in [0.1, 0.15) is 0 Å². The number of hydrogen-bond acceptors (Lipinski definition) is 4. The number of nitrogens with zero attached hydrogens (tertiary/aromatic N) is 1. The Morgan fingerprint density at radius 1 is 1.80 bits per heavy atom. The molecule has 0 aromatic heterocycles. The predicted octanol–water partition coefficient (Wildman–Crippen LogP) is -1.16. The van der Waals surface area contributed by atoms with Crippen LogP contribution in [0, 0.1) is 0 Å². The van der Waals surface area contributed by atoms with Gasteiger partial charge in [-0.15, -0.1) is 0 Å². The highest BCUT2D eigenvalue weighted by molar-refractivity contribution is 5.57. The molecule has 1 atom stereocenters. The zero-order chi connectivity index (χ0) is 7.40. The van der Waals surface area contributed by atoms with E-state index in [9.17, 15) is 4.79 Å². The number of aliphatic hydroxyl groups is 1. The van der Waals surface area contributed by atoms with E-state index in [-0.39, 0.29) is 12.8 Å². The van der Waals surface area contributed by atoms with Gasteiger partial charge in [0, 0.05) is 6.54 Å². The van der Waals surface area contributed by atoms with Gasteiger partial charge in [-0.25, -0.2) is 0 Å². The van der Waals surface area contributed by atoms with Gasteiger partial charge in [0.1, 0.15) is 6.29 Å². The monoisotopic (exact) mass is 145 g/mol. The molecule has 1 fully saturated rings. The third-order valence-corrected chi connectivity index (χ3v) is 1.62. The highest BCUT2D eigenvalue weighted by atomic mass is 16.5. The van der Waals surface area contributed by atoms with Crippen molar-refractivity contribution in [1.29, 1.82) is 0 Å². The van der Waals surface area contributed by atoms with E-state index in [2.05, 4.69) is 0 Å². The Balaban J connectivity index is 2.41. The van der Waals surface area contributed by atoms with Crippen molar-refractivity contribution in [3.8, 4) is 0 Å². The second kappa shape index (κ2) is 3.65. The highest BCUT2D eigenvalue weighted by Gasteiger charge is 2.20. The van der Waals surface area contributed by atoms with Crippen molar-refractivity contribution >= 4 is 6.29 Å². The number of aldehydes is 1. The SMILES string of the molecule is O=CC1COCCN1CO. The number of carbonyl (C=O) groups is 1. The largest absolute Gasteiger partial charge is 0.381 e. The van der Waals surface area contributed by atoms with Crippen LogP contribution in [-0.4, -0.2) is 48.8 Å². The summed E-state index contributed by atoms with van der Waals surface area (Å²) in [5.74, 6) is 0. The molecular weight excluding hydrogens is 134 g/mol. The molecule has 0 bridgehead atoms. The first-order chi connectivity index (χ1) is 4.88. The molecule has 4 heteroatoms. The third kappa shape index (κ3) is 1.53. The predicted molar refractivity (Wildman–Crippen MR) is 34.5 cm³/mol. The Morgan fingerprint density at radius 2 is 2.60 bits per heavy atom. The summed E-state index contributed by atoms with van der Waals surface area (Å²) < 4.78 is 5.02. The Kier molecular flexibility index (Phi) is 2.80. The van der Waals surface area contributed by atoms with E-state index in [0.29, 0.717) is 19.8 Å². The first-order valence-corrected chi connectivity index (χ1v) is 3.26. The van der Waals surface area contributed by atoms with Crippen molar-refractivity contribution < 1.29 is 14.6 Å². The average Bonchev–Trinajstić information content (AvgIpc) is 2.04. The zero-order valence-electron chi connectivity index (χ0n) is 5.69. The van der Waals surface area contributed by atoms with E-state index in [0.717, 1.165) is 6.29 Å². The summed E-state index contributed by atoms with van der Waals surface area (Å²) >= 11 is 0. The normalized spacial score (nSPS) is 28.3. The lowest BCUT2D eigenvalue weighted by Crippen LogP contribution is -2.46. The molecule has 1 unspecified atom stereocenters. The minimum absolute atomic E-state index is 0.0627. The lowest BCUT2D eigenvalue weighted by molar-refractivity contribution is -0.121. The topological polar surface area (TPSA) is 49.8 Å². The van der Waals surface area contributed by atoms with Gasteiger partial charge in [0.05, 0.1) is 26.0 Å². The maximum Gasteiger partial charge on any atom is 0.139 e. The van der Waals surface area contributed by atoms with Crippen LogP contribution in [0.4, 0.5) is 0 Å².